The zero-order chi connectivity index (χ0) is 13.7. The number of Topliss-reactive ketones (excluding diaryl/α,β-unsaturated/α-hetero) is 1. The lowest BCUT2D eigenvalue weighted by Gasteiger charge is -2.12. The van der Waals surface area contributed by atoms with Gasteiger partial charge in [-0.25, -0.2) is 0 Å². The van der Waals surface area contributed by atoms with E-state index in [0.29, 0.717) is 17.3 Å². The Morgan fingerprint density at radius 2 is 2.22 bits per heavy atom. The Bertz CT molecular complexity index is 401. The highest BCUT2D eigenvalue weighted by atomic mass is 35.5. The Balaban J connectivity index is 2.73. The van der Waals surface area contributed by atoms with Gasteiger partial charge in [-0.2, -0.15) is 5.10 Å². The average Bonchev–Trinajstić information content (AvgIpc) is 2.64. The zero-order valence-electron chi connectivity index (χ0n) is 11.4. The highest BCUT2D eigenvalue weighted by molar-refractivity contribution is 6.33. The topological polar surface area (TPSA) is 50.2 Å². The summed E-state index contributed by atoms with van der Waals surface area (Å²) in [6.45, 7) is 5.75. The summed E-state index contributed by atoms with van der Waals surface area (Å²) in [4.78, 5) is 14.1. The first-order chi connectivity index (χ1) is 8.41. The maximum atomic E-state index is 12.1. The van der Waals surface area contributed by atoms with Gasteiger partial charge in [0.05, 0.1) is 24.3 Å². The first-order valence-electron chi connectivity index (χ1n) is 6.04. The monoisotopic (exact) mass is 272 g/mol. The summed E-state index contributed by atoms with van der Waals surface area (Å²) in [6, 6.07) is 0.269. The van der Waals surface area contributed by atoms with Gasteiger partial charge in [0.25, 0.3) is 0 Å². The van der Waals surface area contributed by atoms with Crippen molar-refractivity contribution < 1.29 is 4.79 Å². The molecule has 1 aromatic heterocycles. The van der Waals surface area contributed by atoms with Gasteiger partial charge in [0.15, 0.2) is 5.78 Å². The maximum absolute atomic E-state index is 12.1. The van der Waals surface area contributed by atoms with Crippen molar-refractivity contribution in [1.29, 1.82) is 0 Å². The van der Waals surface area contributed by atoms with E-state index >= 15 is 0 Å². The predicted octanol–water partition coefficient (Wildman–Crippen LogP) is 1.28. The van der Waals surface area contributed by atoms with Crippen molar-refractivity contribution >= 4 is 17.4 Å². The molecule has 0 amide bonds. The van der Waals surface area contributed by atoms with Crippen LogP contribution in [0.15, 0.2) is 6.20 Å². The molecule has 0 saturated heterocycles. The van der Waals surface area contributed by atoms with Crippen molar-refractivity contribution in [2.75, 3.05) is 27.2 Å². The van der Waals surface area contributed by atoms with Gasteiger partial charge in [-0.3, -0.25) is 9.48 Å². The van der Waals surface area contributed by atoms with Gasteiger partial charge in [0.1, 0.15) is 5.69 Å². The van der Waals surface area contributed by atoms with Gasteiger partial charge in [-0.15, -0.1) is 0 Å². The maximum Gasteiger partial charge on any atom is 0.196 e. The van der Waals surface area contributed by atoms with E-state index in [-0.39, 0.29) is 18.4 Å². The molecule has 0 saturated carbocycles. The minimum atomic E-state index is -0.0232. The molecule has 0 spiro atoms. The molecule has 0 aliphatic heterocycles. The van der Waals surface area contributed by atoms with Crippen LogP contribution in [-0.2, 0) is 6.54 Å². The van der Waals surface area contributed by atoms with E-state index in [4.69, 9.17) is 11.6 Å². The summed E-state index contributed by atoms with van der Waals surface area (Å²) in [5, 5.41) is 7.66. The standard InChI is InChI=1S/C12H21ClN4O/c1-9(2)14-8-11(18)12-10(13)7-15-17(12)6-5-16(3)4/h7,9,14H,5-6,8H2,1-4H3. The molecule has 5 nitrogen and oxygen atoms in total. The number of nitrogens with one attached hydrogen (secondary N) is 1. The number of ketones is 1. The van der Waals surface area contributed by atoms with Crippen LogP contribution in [0.5, 0.6) is 0 Å². The normalized spacial score (nSPS) is 11.5. The molecule has 1 aromatic rings. The fourth-order valence-corrected chi connectivity index (χ4v) is 1.73. The highest BCUT2D eigenvalue weighted by Crippen LogP contribution is 2.15. The third kappa shape index (κ3) is 4.40. The van der Waals surface area contributed by atoms with Crippen molar-refractivity contribution in [2.45, 2.75) is 26.4 Å². The SMILES string of the molecule is CC(C)NCC(=O)c1c(Cl)cnn1CCN(C)C. The van der Waals surface area contributed by atoms with Crippen LogP contribution in [0.4, 0.5) is 0 Å². The molecular weight excluding hydrogens is 252 g/mol. The van der Waals surface area contributed by atoms with E-state index in [1.54, 1.807) is 4.68 Å². The van der Waals surface area contributed by atoms with Crippen molar-refractivity contribution in [3.63, 3.8) is 0 Å². The Labute approximate surface area is 113 Å². The lowest BCUT2D eigenvalue weighted by Crippen LogP contribution is -2.31. The molecule has 0 fully saturated rings. The molecule has 18 heavy (non-hydrogen) atoms. The van der Waals surface area contributed by atoms with Crippen LogP contribution in [0.25, 0.3) is 0 Å². The van der Waals surface area contributed by atoms with Crippen LogP contribution in [0.2, 0.25) is 5.02 Å². The molecule has 1 rings (SSSR count). The third-order valence-corrected chi connectivity index (χ3v) is 2.77. The van der Waals surface area contributed by atoms with Gasteiger partial charge in [-0.05, 0) is 14.1 Å². The second-order valence-corrected chi connectivity index (χ2v) is 5.23. The van der Waals surface area contributed by atoms with Crippen LogP contribution < -0.4 is 5.32 Å². The highest BCUT2D eigenvalue weighted by Gasteiger charge is 2.17. The van der Waals surface area contributed by atoms with Gasteiger partial charge in [0.2, 0.25) is 0 Å². The second kappa shape index (κ2) is 6.87. The number of rotatable bonds is 7. The minimum absolute atomic E-state index is 0.0232. The molecule has 0 bridgehead atoms. The summed E-state index contributed by atoms with van der Waals surface area (Å²) in [7, 11) is 3.96. The van der Waals surface area contributed by atoms with Crippen LogP contribution in [0, 0.1) is 0 Å². The number of likely N-dealkylation sites (N-methyl/N-ethyl adjacent to an activating group) is 1. The minimum Gasteiger partial charge on any atom is -0.308 e. The first-order valence-corrected chi connectivity index (χ1v) is 6.42. The molecular formula is C12H21ClN4O. The number of halogens is 1. The van der Waals surface area contributed by atoms with E-state index in [0.717, 1.165) is 6.54 Å². The predicted molar refractivity (Wildman–Crippen MR) is 73.3 cm³/mol. The Morgan fingerprint density at radius 3 is 2.78 bits per heavy atom. The summed E-state index contributed by atoms with van der Waals surface area (Å²) < 4.78 is 1.67. The largest absolute Gasteiger partial charge is 0.308 e. The number of hydrogen-bond acceptors (Lipinski definition) is 4. The van der Waals surface area contributed by atoms with Crippen molar-refractivity contribution in [1.82, 2.24) is 20.0 Å². The molecule has 0 aliphatic carbocycles. The molecule has 0 atom stereocenters. The summed E-state index contributed by atoms with van der Waals surface area (Å²) in [6.07, 6.45) is 1.53. The molecule has 0 unspecified atom stereocenters. The lowest BCUT2D eigenvalue weighted by molar-refractivity contribution is 0.0977. The van der Waals surface area contributed by atoms with Crippen LogP contribution in [-0.4, -0.2) is 53.7 Å². The van der Waals surface area contributed by atoms with Crippen molar-refractivity contribution in [3.05, 3.63) is 16.9 Å². The van der Waals surface area contributed by atoms with Gasteiger partial charge in [-0.1, -0.05) is 25.4 Å². The number of hydrogen-bond donors (Lipinski definition) is 1. The lowest BCUT2D eigenvalue weighted by atomic mass is 10.2. The molecule has 0 aromatic carbocycles. The van der Waals surface area contributed by atoms with Gasteiger partial charge in [0, 0.05) is 12.6 Å². The Hall–Kier alpha value is -0.910. The van der Waals surface area contributed by atoms with E-state index in [1.165, 1.54) is 6.20 Å². The van der Waals surface area contributed by atoms with E-state index < -0.39 is 0 Å². The summed E-state index contributed by atoms with van der Waals surface area (Å²) in [5.41, 5.74) is 0.492. The van der Waals surface area contributed by atoms with Crippen molar-refractivity contribution in [2.24, 2.45) is 0 Å². The van der Waals surface area contributed by atoms with Crippen LogP contribution in [0.3, 0.4) is 0 Å². The summed E-state index contributed by atoms with van der Waals surface area (Å²) >= 11 is 6.02. The van der Waals surface area contributed by atoms with E-state index in [9.17, 15) is 4.79 Å². The van der Waals surface area contributed by atoms with Crippen LogP contribution in [0.1, 0.15) is 24.3 Å². The smallest absolute Gasteiger partial charge is 0.196 e. The van der Waals surface area contributed by atoms with Gasteiger partial charge >= 0.3 is 0 Å². The first kappa shape index (κ1) is 15.1. The fourth-order valence-electron chi connectivity index (χ4n) is 1.48. The molecule has 6 heteroatoms. The molecule has 0 aliphatic rings. The van der Waals surface area contributed by atoms with E-state index in [1.807, 2.05) is 32.8 Å². The third-order valence-electron chi connectivity index (χ3n) is 2.49. The quantitative estimate of drug-likeness (QED) is 0.760. The van der Waals surface area contributed by atoms with Crippen LogP contribution >= 0.6 is 11.6 Å². The molecule has 1 heterocycles. The number of aromatic nitrogens is 2. The average molecular weight is 273 g/mol. The second-order valence-electron chi connectivity index (χ2n) is 4.83. The Kier molecular flexibility index (Phi) is 5.78. The fraction of sp³-hybridized carbons (Fsp3) is 0.667. The van der Waals surface area contributed by atoms with Gasteiger partial charge < -0.3 is 10.2 Å². The number of carbonyl (C=O) groups excluding carboxylic acids is 1. The number of nitrogens with zero attached hydrogens (tertiary/aromatic N) is 3. The summed E-state index contributed by atoms with van der Waals surface area (Å²) in [5.74, 6) is -0.0232. The zero-order valence-corrected chi connectivity index (χ0v) is 12.2. The molecule has 102 valence electrons. The van der Waals surface area contributed by atoms with E-state index in [2.05, 4.69) is 10.4 Å². The molecule has 1 N–H and O–H groups in total. The Morgan fingerprint density at radius 1 is 1.56 bits per heavy atom. The number of carbonyl (C=O) groups is 1. The van der Waals surface area contributed by atoms with Crippen molar-refractivity contribution in [3.8, 4) is 0 Å². The molecule has 0 radical (unpaired) electrons.